The number of fused-ring (bicyclic) bond motifs is 2. The lowest BCUT2D eigenvalue weighted by Gasteiger charge is -2.18. The van der Waals surface area contributed by atoms with Gasteiger partial charge in [0.2, 0.25) is 0 Å². The smallest absolute Gasteiger partial charge is 0.0254 e. The quantitative estimate of drug-likeness (QED) is 0.259. The molecule has 0 atom stereocenters. The molecule has 0 amide bonds. The number of halogens is 1. The molecule has 0 aliphatic rings. The van der Waals surface area contributed by atoms with Crippen LogP contribution >= 0.6 is 15.9 Å². The van der Waals surface area contributed by atoms with E-state index in [0.29, 0.717) is 0 Å². The van der Waals surface area contributed by atoms with Gasteiger partial charge in [-0.25, -0.2) is 0 Å². The highest BCUT2D eigenvalue weighted by molar-refractivity contribution is 9.10. The first-order valence-electron chi connectivity index (χ1n) is 9.08. The van der Waals surface area contributed by atoms with Crippen LogP contribution in [0.5, 0.6) is 0 Å². The van der Waals surface area contributed by atoms with Crippen molar-refractivity contribution in [2.24, 2.45) is 0 Å². The SMILES string of the molecule is Brc1ccccc1-c1c2ccccc2c(-c2ccccc2)c2ccccc12. The van der Waals surface area contributed by atoms with Gasteiger partial charge in [0.15, 0.2) is 0 Å². The van der Waals surface area contributed by atoms with Gasteiger partial charge in [-0.1, -0.05) is 113 Å². The molecule has 27 heavy (non-hydrogen) atoms. The fraction of sp³-hybridized carbons (Fsp3) is 0. The largest absolute Gasteiger partial charge is 0.0622 e. The van der Waals surface area contributed by atoms with Crippen molar-refractivity contribution in [1.29, 1.82) is 0 Å². The van der Waals surface area contributed by atoms with Crippen LogP contribution in [0.25, 0.3) is 43.8 Å². The van der Waals surface area contributed by atoms with E-state index in [1.165, 1.54) is 43.8 Å². The molecule has 0 aromatic heterocycles. The van der Waals surface area contributed by atoms with Gasteiger partial charge < -0.3 is 0 Å². The number of benzene rings is 5. The second-order valence-electron chi connectivity index (χ2n) is 6.69. The first kappa shape index (κ1) is 16.3. The molecule has 0 unspecified atom stereocenters. The van der Waals surface area contributed by atoms with Gasteiger partial charge in [0.25, 0.3) is 0 Å². The third-order valence-corrected chi connectivity index (χ3v) is 5.83. The molecular weight excluding hydrogens is 392 g/mol. The van der Waals surface area contributed by atoms with E-state index >= 15 is 0 Å². The Bertz CT molecular complexity index is 1210. The number of hydrogen-bond acceptors (Lipinski definition) is 0. The molecule has 5 aromatic rings. The van der Waals surface area contributed by atoms with Crippen molar-refractivity contribution in [3.63, 3.8) is 0 Å². The normalized spacial score (nSPS) is 11.1. The van der Waals surface area contributed by atoms with Gasteiger partial charge in [0, 0.05) is 4.47 Å². The molecule has 0 N–H and O–H groups in total. The summed E-state index contributed by atoms with van der Waals surface area (Å²) in [5.41, 5.74) is 5.07. The van der Waals surface area contributed by atoms with E-state index in [1.54, 1.807) is 0 Å². The van der Waals surface area contributed by atoms with Gasteiger partial charge in [-0.15, -0.1) is 0 Å². The summed E-state index contributed by atoms with van der Waals surface area (Å²) in [6, 6.07) is 36.7. The van der Waals surface area contributed by atoms with Crippen LogP contribution in [0.4, 0.5) is 0 Å². The Balaban J connectivity index is 2.03. The Kier molecular flexibility index (Phi) is 4.03. The van der Waals surface area contributed by atoms with Crippen LogP contribution in [0.2, 0.25) is 0 Å². The zero-order chi connectivity index (χ0) is 18.2. The molecule has 0 saturated carbocycles. The van der Waals surface area contributed by atoms with Crippen LogP contribution in [0.3, 0.4) is 0 Å². The average Bonchev–Trinajstić information content (AvgIpc) is 2.73. The van der Waals surface area contributed by atoms with Gasteiger partial charge in [-0.3, -0.25) is 0 Å². The Morgan fingerprint density at radius 2 is 0.852 bits per heavy atom. The Morgan fingerprint density at radius 1 is 0.407 bits per heavy atom. The monoisotopic (exact) mass is 408 g/mol. The molecule has 5 aromatic carbocycles. The molecule has 0 saturated heterocycles. The molecule has 0 aliphatic carbocycles. The molecule has 0 heterocycles. The molecule has 128 valence electrons. The molecule has 0 fully saturated rings. The molecule has 0 nitrogen and oxygen atoms in total. The van der Waals surface area contributed by atoms with Gasteiger partial charge in [0.1, 0.15) is 0 Å². The molecule has 1 heteroatoms. The zero-order valence-electron chi connectivity index (χ0n) is 14.7. The Labute approximate surface area is 167 Å². The van der Waals surface area contributed by atoms with Crippen molar-refractivity contribution in [1.82, 2.24) is 0 Å². The third-order valence-electron chi connectivity index (χ3n) is 5.14. The van der Waals surface area contributed by atoms with Crippen LogP contribution in [0.1, 0.15) is 0 Å². The van der Waals surface area contributed by atoms with Crippen LogP contribution in [0, 0.1) is 0 Å². The lowest BCUT2D eigenvalue weighted by molar-refractivity contribution is 1.62. The Hall–Kier alpha value is -2.90. The number of rotatable bonds is 2. The van der Waals surface area contributed by atoms with Crippen LogP contribution in [0.15, 0.2) is 108 Å². The highest BCUT2D eigenvalue weighted by Gasteiger charge is 2.17. The summed E-state index contributed by atoms with van der Waals surface area (Å²) >= 11 is 3.77. The predicted octanol–water partition coefficient (Wildman–Crippen LogP) is 8.09. The number of hydrogen-bond donors (Lipinski definition) is 0. The van der Waals surface area contributed by atoms with Crippen LogP contribution in [-0.4, -0.2) is 0 Å². The molecule has 0 aliphatic heterocycles. The molecule has 0 spiro atoms. The molecular formula is C26H17Br. The summed E-state index contributed by atoms with van der Waals surface area (Å²) in [6.45, 7) is 0. The van der Waals surface area contributed by atoms with E-state index < -0.39 is 0 Å². The molecule has 0 bridgehead atoms. The maximum absolute atomic E-state index is 3.77. The lowest BCUT2D eigenvalue weighted by Crippen LogP contribution is -1.91. The summed E-state index contributed by atoms with van der Waals surface area (Å²) < 4.78 is 1.12. The minimum atomic E-state index is 1.12. The Morgan fingerprint density at radius 3 is 1.41 bits per heavy atom. The van der Waals surface area contributed by atoms with Crippen molar-refractivity contribution in [3.05, 3.63) is 108 Å². The molecule has 0 radical (unpaired) electrons. The minimum absolute atomic E-state index is 1.12. The second kappa shape index (κ2) is 6.68. The lowest BCUT2D eigenvalue weighted by atomic mass is 9.86. The van der Waals surface area contributed by atoms with E-state index in [2.05, 4.69) is 119 Å². The van der Waals surface area contributed by atoms with Crippen molar-refractivity contribution < 1.29 is 0 Å². The summed E-state index contributed by atoms with van der Waals surface area (Å²) in [6.07, 6.45) is 0. The second-order valence-corrected chi connectivity index (χ2v) is 7.54. The third kappa shape index (κ3) is 2.67. The van der Waals surface area contributed by atoms with Gasteiger partial charge >= 0.3 is 0 Å². The first-order valence-corrected chi connectivity index (χ1v) is 9.87. The van der Waals surface area contributed by atoms with Crippen molar-refractivity contribution in [2.45, 2.75) is 0 Å². The van der Waals surface area contributed by atoms with E-state index in [4.69, 9.17) is 0 Å². The van der Waals surface area contributed by atoms with Crippen molar-refractivity contribution >= 4 is 37.5 Å². The van der Waals surface area contributed by atoms with Crippen molar-refractivity contribution in [3.8, 4) is 22.3 Å². The summed E-state index contributed by atoms with van der Waals surface area (Å²) in [5, 5.41) is 5.13. The van der Waals surface area contributed by atoms with Crippen LogP contribution < -0.4 is 0 Å². The maximum atomic E-state index is 3.77. The predicted molar refractivity (Wildman–Crippen MR) is 120 cm³/mol. The van der Waals surface area contributed by atoms with E-state index in [-0.39, 0.29) is 0 Å². The highest BCUT2D eigenvalue weighted by Crippen LogP contribution is 2.44. The zero-order valence-corrected chi connectivity index (χ0v) is 16.3. The standard InChI is InChI=1S/C26H17Br/c27-24-17-9-8-16-23(24)26-21-14-6-4-12-19(21)25(18-10-2-1-3-11-18)20-13-5-7-15-22(20)26/h1-17H. The van der Waals surface area contributed by atoms with E-state index in [1.807, 2.05) is 0 Å². The van der Waals surface area contributed by atoms with Gasteiger partial charge in [-0.2, -0.15) is 0 Å². The van der Waals surface area contributed by atoms with Gasteiger partial charge in [-0.05, 0) is 49.9 Å². The fourth-order valence-corrected chi connectivity index (χ4v) is 4.48. The van der Waals surface area contributed by atoms with E-state index in [9.17, 15) is 0 Å². The average molecular weight is 409 g/mol. The van der Waals surface area contributed by atoms with Gasteiger partial charge in [0.05, 0.1) is 0 Å². The van der Waals surface area contributed by atoms with E-state index in [0.717, 1.165) is 4.47 Å². The highest BCUT2D eigenvalue weighted by atomic mass is 79.9. The topological polar surface area (TPSA) is 0 Å². The molecule has 5 rings (SSSR count). The van der Waals surface area contributed by atoms with Crippen LogP contribution in [-0.2, 0) is 0 Å². The maximum Gasteiger partial charge on any atom is 0.0254 e. The summed E-state index contributed by atoms with van der Waals surface area (Å²) in [4.78, 5) is 0. The summed E-state index contributed by atoms with van der Waals surface area (Å²) in [5.74, 6) is 0. The minimum Gasteiger partial charge on any atom is -0.0622 e. The summed E-state index contributed by atoms with van der Waals surface area (Å²) in [7, 11) is 0. The fourth-order valence-electron chi connectivity index (χ4n) is 4.00. The van der Waals surface area contributed by atoms with Crippen molar-refractivity contribution in [2.75, 3.05) is 0 Å². The first-order chi connectivity index (χ1) is 13.3.